The Balaban J connectivity index is 2.79. The van der Waals surface area contributed by atoms with Gasteiger partial charge in [0.05, 0.1) is 12.7 Å². The fourth-order valence-corrected chi connectivity index (χ4v) is 1.25. The lowest BCUT2D eigenvalue weighted by molar-refractivity contribution is -0.131. The van der Waals surface area contributed by atoms with E-state index < -0.39 is 5.97 Å². The largest absolute Gasteiger partial charge is 0.478 e. The SMILES string of the molecule is CC(C)OCc1ccccc1/C=C/C(=O)O. The zero-order valence-corrected chi connectivity index (χ0v) is 9.51. The van der Waals surface area contributed by atoms with E-state index in [1.165, 1.54) is 0 Å². The maximum atomic E-state index is 10.4. The van der Waals surface area contributed by atoms with E-state index in [4.69, 9.17) is 9.84 Å². The number of hydrogen-bond acceptors (Lipinski definition) is 2. The van der Waals surface area contributed by atoms with E-state index >= 15 is 0 Å². The van der Waals surface area contributed by atoms with Gasteiger partial charge >= 0.3 is 5.97 Å². The second kappa shape index (κ2) is 6.08. The Bertz CT molecular complexity index is 381. The van der Waals surface area contributed by atoms with Gasteiger partial charge in [0, 0.05) is 6.08 Å². The second-order valence-electron chi connectivity index (χ2n) is 3.73. The quantitative estimate of drug-likeness (QED) is 0.776. The van der Waals surface area contributed by atoms with Crippen LogP contribution in [0.25, 0.3) is 6.08 Å². The molecule has 0 aromatic heterocycles. The molecule has 86 valence electrons. The minimum absolute atomic E-state index is 0.163. The number of ether oxygens (including phenoxy) is 1. The number of carbonyl (C=O) groups is 1. The smallest absolute Gasteiger partial charge is 0.328 e. The molecule has 1 rings (SSSR count). The Morgan fingerprint density at radius 2 is 2.12 bits per heavy atom. The molecule has 0 spiro atoms. The van der Waals surface area contributed by atoms with Gasteiger partial charge in [-0.15, -0.1) is 0 Å². The molecule has 16 heavy (non-hydrogen) atoms. The summed E-state index contributed by atoms with van der Waals surface area (Å²) in [6.45, 7) is 4.43. The Labute approximate surface area is 95.4 Å². The van der Waals surface area contributed by atoms with Gasteiger partial charge in [-0.1, -0.05) is 24.3 Å². The van der Waals surface area contributed by atoms with Crippen LogP contribution in [-0.2, 0) is 16.1 Å². The standard InChI is InChI=1S/C13H16O3/c1-10(2)16-9-12-6-4-3-5-11(12)7-8-13(14)15/h3-8,10H,9H2,1-2H3,(H,14,15)/b8-7+. The molecule has 0 amide bonds. The van der Waals surface area contributed by atoms with E-state index in [0.29, 0.717) is 6.61 Å². The van der Waals surface area contributed by atoms with E-state index in [-0.39, 0.29) is 6.10 Å². The molecule has 3 heteroatoms. The van der Waals surface area contributed by atoms with Crippen LogP contribution in [0.5, 0.6) is 0 Å². The van der Waals surface area contributed by atoms with Crippen LogP contribution in [0.1, 0.15) is 25.0 Å². The number of carboxylic acids is 1. The van der Waals surface area contributed by atoms with Gasteiger partial charge in [-0.2, -0.15) is 0 Å². The molecule has 0 radical (unpaired) electrons. The summed E-state index contributed by atoms with van der Waals surface area (Å²) in [7, 11) is 0. The van der Waals surface area contributed by atoms with Crippen molar-refractivity contribution in [3.63, 3.8) is 0 Å². The fraction of sp³-hybridized carbons (Fsp3) is 0.308. The minimum Gasteiger partial charge on any atom is -0.478 e. The van der Waals surface area contributed by atoms with Crippen LogP contribution in [0, 0.1) is 0 Å². The third-order valence-corrected chi connectivity index (χ3v) is 2.03. The van der Waals surface area contributed by atoms with Gasteiger partial charge < -0.3 is 9.84 Å². The average Bonchev–Trinajstić information content (AvgIpc) is 2.24. The van der Waals surface area contributed by atoms with E-state index in [0.717, 1.165) is 17.2 Å². The molecule has 0 aliphatic heterocycles. The van der Waals surface area contributed by atoms with Crippen LogP contribution in [0.4, 0.5) is 0 Å². The van der Waals surface area contributed by atoms with E-state index in [2.05, 4.69) is 0 Å². The lowest BCUT2D eigenvalue weighted by atomic mass is 10.1. The van der Waals surface area contributed by atoms with Crippen molar-refractivity contribution in [1.29, 1.82) is 0 Å². The summed E-state index contributed by atoms with van der Waals surface area (Å²) in [6.07, 6.45) is 2.88. The number of carboxylic acid groups (broad SMARTS) is 1. The van der Waals surface area contributed by atoms with Crippen molar-refractivity contribution in [1.82, 2.24) is 0 Å². The fourth-order valence-electron chi connectivity index (χ4n) is 1.25. The predicted molar refractivity (Wildman–Crippen MR) is 63.0 cm³/mol. The summed E-state index contributed by atoms with van der Waals surface area (Å²) in [6, 6.07) is 7.60. The zero-order chi connectivity index (χ0) is 12.0. The first-order chi connectivity index (χ1) is 7.59. The summed E-state index contributed by atoms with van der Waals surface area (Å²) in [5.41, 5.74) is 1.87. The van der Waals surface area contributed by atoms with Crippen molar-refractivity contribution in [3.8, 4) is 0 Å². The van der Waals surface area contributed by atoms with Crippen LogP contribution < -0.4 is 0 Å². The average molecular weight is 220 g/mol. The van der Waals surface area contributed by atoms with Gasteiger partial charge in [0.25, 0.3) is 0 Å². The molecule has 0 aliphatic rings. The first-order valence-electron chi connectivity index (χ1n) is 5.20. The Morgan fingerprint density at radius 3 is 2.75 bits per heavy atom. The molecular formula is C13H16O3. The highest BCUT2D eigenvalue weighted by Gasteiger charge is 2.01. The summed E-state index contributed by atoms with van der Waals surface area (Å²) in [5, 5.41) is 8.57. The van der Waals surface area contributed by atoms with Crippen molar-refractivity contribution in [2.24, 2.45) is 0 Å². The van der Waals surface area contributed by atoms with Gasteiger partial charge in [0.1, 0.15) is 0 Å². The van der Waals surface area contributed by atoms with Crippen molar-refractivity contribution >= 4 is 12.0 Å². The zero-order valence-electron chi connectivity index (χ0n) is 9.51. The van der Waals surface area contributed by atoms with Crippen LogP contribution in [0.15, 0.2) is 30.3 Å². The third kappa shape index (κ3) is 4.28. The Kier molecular flexibility index (Phi) is 4.73. The van der Waals surface area contributed by atoms with Crippen molar-refractivity contribution < 1.29 is 14.6 Å². The molecule has 0 heterocycles. The number of rotatable bonds is 5. The van der Waals surface area contributed by atoms with E-state index in [1.54, 1.807) is 6.08 Å². The van der Waals surface area contributed by atoms with Crippen LogP contribution in [-0.4, -0.2) is 17.2 Å². The molecule has 0 atom stereocenters. The number of aliphatic carboxylic acids is 1. The maximum Gasteiger partial charge on any atom is 0.328 e. The summed E-state index contributed by atoms with van der Waals surface area (Å²) in [5.74, 6) is -0.945. The highest BCUT2D eigenvalue weighted by atomic mass is 16.5. The predicted octanol–water partition coefficient (Wildman–Crippen LogP) is 2.71. The molecule has 3 nitrogen and oxygen atoms in total. The molecule has 0 bridgehead atoms. The Morgan fingerprint density at radius 1 is 1.44 bits per heavy atom. The summed E-state index contributed by atoms with van der Waals surface area (Å²) >= 11 is 0. The monoisotopic (exact) mass is 220 g/mol. The molecule has 0 unspecified atom stereocenters. The highest BCUT2D eigenvalue weighted by Crippen LogP contribution is 2.12. The molecular weight excluding hydrogens is 204 g/mol. The molecule has 0 saturated heterocycles. The van der Waals surface area contributed by atoms with Crippen LogP contribution >= 0.6 is 0 Å². The van der Waals surface area contributed by atoms with Gasteiger partial charge in [-0.3, -0.25) is 0 Å². The molecule has 0 fully saturated rings. The molecule has 1 aromatic rings. The van der Waals surface area contributed by atoms with Crippen molar-refractivity contribution in [2.75, 3.05) is 0 Å². The first kappa shape index (κ1) is 12.5. The normalized spacial score (nSPS) is 11.2. The van der Waals surface area contributed by atoms with Crippen LogP contribution in [0.3, 0.4) is 0 Å². The Hall–Kier alpha value is -1.61. The molecule has 1 N–H and O–H groups in total. The maximum absolute atomic E-state index is 10.4. The minimum atomic E-state index is -0.945. The van der Waals surface area contributed by atoms with Gasteiger partial charge in [-0.05, 0) is 31.1 Å². The topological polar surface area (TPSA) is 46.5 Å². The first-order valence-corrected chi connectivity index (χ1v) is 5.20. The summed E-state index contributed by atoms with van der Waals surface area (Å²) in [4.78, 5) is 10.4. The molecule has 1 aromatic carbocycles. The highest BCUT2D eigenvalue weighted by molar-refractivity contribution is 5.85. The van der Waals surface area contributed by atoms with Gasteiger partial charge in [-0.25, -0.2) is 4.79 Å². The van der Waals surface area contributed by atoms with Gasteiger partial charge in [0.2, 0.25) is 0 Å². The lowest BCUT2D eigenvalue weighted by Gasteiger charge is -2.09. The van der Waals surface area contributed by atoms with Crippen LogP contribution in [0.2, 0.25) is 0 Å². The molecule has 0 saturated carbocycles. The van der Waals surface area contributed by atoms with Gasteiger partial charge in [0.15, 0.2) is 0 Å². The van der Waals surface area contributed by atoms with E-state index in [1.807, 2.05) is 38.1 Å². The number of benzene rings is 1. The second-order valence-corrected chi connectivity index (χ2v) is 3.73. The lowest BCUT2D eigenvalue weighted by Crippen LogP contribution is -2.03. The van der Waals surface area contributed by atoms with Crippen molar-refractivity contribution in [3.05, 3.63) is 41.5 Å². The van der Waals surface area contributed by atoms with E-state index in [9.17, 15) is 4.79 Å². The van der Waals surface area contributed by atoms with Crippen molar-refractivity contribution in [2.45, 2.75) is 26.6 Å². The number of hydrogen-bond donors (Lipinski definition) is 1. The summed E-state index contributed by atoms with van der Waals surface area (Å²) < 4.78 is 5.49. The third-order valence-electron chi connectivity index (χ3n) is 2.03. The molecule has 0 aliphatic carbocycles.